The third-order valence-electron chi connectivity index (χ3n) is 5.44. The van der Waals surface area contributed by atoms with Gasteiger partial charge in [0.05, 0.1) is 18.1 Å². The maximum Gasteiger partial charge on any atom is 0.254 e. The van der Waals surface area contributed by atoms with Gasteiger partial charge in [0.25, 0.3) is 5.91 Å². The summed E-state index contributed by atoms with van der Waals surface area (Å²) >= 11 is 7.46. The second kappa shape index (κ2) is 9.28. The van der Waals surface area contributed by atoms with Crippen LogP contribution in [0, 0.1) is 0 Å². The van der Waals surface area contributed by atoms with E-state index in [0.29, 0.717) is 22.1 Å². The number of halogens is 1. The largest absolute Gasteiger partial charge is 0.376 e. The number of amides is 2. The molecule has 0 bridgehead atoms. The van der Waals surface area contributed by atoms with Crippen LogP contribution in [0.15, 0.2) is 24.3 Å². The Morgan fingerprint density at radius 3 is 2.69 bits per heavy atom. The number of benzene rings is 1. The first-order chi connectivity index (χ1) is 14.1. The normalized spacial score (nSPS) is 18.3. The molecule has 0 spiro atoms. The van der Waals surface area contributed by atoms with Gasteiger partial charge in [0.1, 0.15) is 5.00 Å². The van der Waals surface area contributed by atoms with Gasteiger partial charge < -0.3 is 15.4 Å². The molecule has 1 saturated heterocycles. The van der Waals surface area contributed by atoms with E-state index in [9.17, 15) is 9.59 Å². The molecule has 2 amide bonds. The van der Waals surface area contributed by atoms with Crippen molar-refractivity contribution in [2.45, 2.75) is 51.0 Å². The van der Waals surface area contributed by atoms with E-state index in [1.54, 1.807) is 23.5 Å². The zero-order valence-electron chi connectivity index (χ0n) is 16.3. The first kappa shape index (κ1) is 20.4. The standard InChI is InChI=1S/C22H25ClN2O3S/c23-15-9-7-14(8-10-15)12-19(26)25-22-20(17-5-1-2-6-18(17)29-22)21(27)24-13-16-4-3-11-28-16/h7-10,16H,1-6,11-13H2,(H,24,27)(H,25,26)/t16-/m0/s1. The van der Waals surface area contributed by atoms with E-state index >= 15 is 0 Å². The quantitative estimate of drug-likeness (QED) is 0.712. The van der Waals surface area contributed by atoms with Gasteiger partial charge in [-0.25, -0.2) is 0 Å². The van der Waals surface area contributed by atoms with Gasteiger partial charge >= 0.3 is 0 Å². The molecule has 4 rings (SSSR count). The molecule has 0 radical (unpaired) electrons. The van der Waals surface area contributed by atoms with Crippen LogP contribution < -0.4 is 10.6 Å². The van der Waals surface area contributed by atoms with Gasteiger partial charge in [-0.1, -0.05) is 23.7 Å². The number of rotatable bonds is 6. The van der Waals surface area contributed by atoms with Crippen molar-refractivity contribution in [1.29, 1.82) is 0 Å². The fraction of sp³-hybridized carbons (Fsp3) is 0.455. The maximum absolute atomic E-state index is 13.0. The van der Waals surface area contributed by atoms with Crippen LogP contribution in [0.3, 0.4) is 0 Å². The lowest BCUT2D eigenvalue weighted by molar-refractivity contribution is -0.115. The van der Waals surface area contributed by atoms with E-state index < -0.39 is 0 Å². The van der Waals surface area contributed by atoms with Gasteiger partial charge in [0.15, 0.2) is 0 Å². The van der Waals surface area contributed by atoms with Crippen molar-refractivity contribution in [2.24, 2.45) is 0 Å². The third kappa shape index (κ3) is 5.00. The third-order valence-corrected chi connectivity index (χ3v) is 6.90. The fourth-order valence-electron chi connectivity index (χ4n) is 3.95. The summed E-state index contributed by atoms with van der Waals surface area (Å²) in [4.78, 5) is 26.9. The van der Waals surface area contributed by atoms with E-state index in [0.717, 1.165) is 56.3 Å². The molecule has 1 aliphatic heterocycles. The Kier molecular flexibility index (Phi) is 6.53. The van der Waals surface area contributed by atoms with Crippen molar-refractivity contribution in [2.75, 3.05) is 18.5 Å². The minimum atomic E-state index is -0.126. The summed E-state index contributed by atoms with van der Waals surface area (Å²) in [5, 5.41) is 7.33. The monoisotopic (exact) mass is 432 g/mol. The lowest BCUT2D eigenvalue weighted by Crippen LogP contribution is -2.32. The molecule has 154 valence electrons. The molecule has 1 aromatic heterocycles. The van der Waals surface area contributed by atoms with Crippen LogP contribution in [0.5, 0.6) is 0 Å². The number of carbonyl (C=O) groups excluding carboxylic acids is 2. The number of carbonyl (C=O) groups is 2. The molecular weight excluding hydrogens is 408 g/mol. The number of anilines is 1. The highest BCUT2D eigenvalue weighted by molar-refractivity contribution is 7.17. The summed E-state index contributed by atoms with van der Waals surface area (Å²) in [6.07, 6.45) is 6.43. The number of nitrogens with one attached hydrogen (secondary N) is 2. The predicted molar refractivity (Wildman–Crippen MR) is 116 cm³/mol. The minimum absolute atomic E-state index is 0.0938. The second-order valence-corrected chi connectivity index (χ2v) is 9.15. The van der Waals surface area contributed by atoms with E-state index in [1.165, 1.54) is 4.88 Å². The van der Waals surface area contributed by atoms with Crippen LogP contribution in [0.1, 0.15) is 52.0 Å². The molecule has 1 atom stereocenters. The molecule has 1 fully saturated rings. The van der Waals surface area contributed by atoms with Crippen molar-refractivity contribution >= 4 is 39.8 Å². The highest BCUT2D eigenvalue weighted by Crippen LogP contribution is 2.38. The number of thiophene rings is 1. The van der Waals surface area contributed by atoms with Crippen LogP contribution in [-0.2, 0) is 28.8 Å². The average Bonchev–Trinajstić information content (AvgIpc) is 3.35. The van der Waals surface area contributed by atoms with Crippen molar-refractivity contribution in [3.05, 3.63) is 50.9 Å². The molecule has 2 aromatic rings. The summed E-state index contributed by atoms with van der Waals surface area (Å²) in [5.74, 6) is -0.235. The minimum Gasteiger partial charge on any atom is -0.376 e. The van der Waals surface area contributed by atoms with E-state index in [-0.39, 0.29) is 24.3 Å². The van der Waals surface area contributed by atoms with Crippen molar-refractivity contribution < 1.29 is 14.3 Å². The second-order valence-electron chi connectivity index (χ2n) is 7.61. The van der Waals surface area contributed by atoms with Crippen LogP contribution in [0.4, 0.5) is 5.00 Å². The number of hydrogen-bond donors (Lipinski definition) is 2. The molecule has 29 heavy (non-hydrogen) atoms. The first-order valence-electron chi connectivity index (χ1n) is 10.2. The lowest BCUT2D eigenvalue weighted by atomic mass is 9.95. The first-order valence-corrected chi connectivity index (χ1v) is 11.4. The molecular formula is C22H25ClN2O3S. The Morgan fingerprint density at radius 2 is 1.93 bits per heavy atom. The van der Waals surface area contributed by atoms with Gasteiger partial charge in [-0.15, -0.1) is 11.3 Å². The SMILES string of the molecule is O=C(Cc1ccc(Cl)cc1)Nc1sc2c(c1C(=O)NC[C@@H]1CCCO1)CCCC2. The lowest BCUT2D eigenvalue weighted by Gasteiger charge is -2.15. The number of hydrogen-bond acceptors (Lipinski definition) is 4. The Morgan fingerprint density at radius 1 is 1.14 bits per heavy atom. The average molecular weight is 433 g/mol. The molecule has 2 heterocycles. The molecule has 2 aliphatic rings. The summed E-state index contributed by atoms with van der Waals surface area (Å²) in [6.45, 7) is 1.28. The van der Waals surface area contributed by atoms with Crippen molar-refractivity contribution in [3.63, 3.8) is 0 Å². The van der Waals surface area contributed by atoms with Crippen LogP contribution in [0.25, 0.3) is 0 Å². The van der Waals surface area contributed by atoms with Crippen molar-refractivity contribution in [1.82, 2.24) is 5.32 Å². The Balaban J connectivity index is 1.49. The topological polar surface area (TPSA) is 67.4 Å². The molecule has 5 nitrogen and oxygen atoms in total. The number of aryl methyl sites for hydroxylation is 1. The van der Waals surface area contributed by atoms with Gasteiger partial charge in [0.2, 0.25) is 5.91 Å². The fourth-order valence-corrected chi connectivity index (χ4v) is 5.38. The molecule has 0 saturated carbocycles. The van der Waals surface area contributed by atoms with E-state index in [1.807, 2.05) is 12.1 Å². The van der Waals surface area contributed by atoms with E-state index in [4.69, 9.17) is 16.3 Å². The number of fused-ring (bicyclic) bond motifs is 1. The van der Waals surface area contributed by atoms with Crippen LogP contribution in [0.2, 0.25) is 5.02 Å². The van der Waals surface area contributed by atoms with Gasteiger partial charge in [-0.2, -0.15) is 0 Å². The highest BCUT2D eigenvalue weighted by atomic mass is 35.5. The number of ether oxygens (including phenoxy) is 1. The van der Waals surface area contributed by atoms with Crippen LogP contribution >= 0.6 is 22.9 Å². The Bertz CT molecular complexity index is 888. The van der Waals surface area contributed by atoms with Crippen LogP contribution in [-0.4, -0.2) is 31.1 Å². The Labute approximate surface area is 179 Å². The molecule has 2 N–H and O–H groups in total. The van der Waals surface area contributed by atoms with Gasteiger partial charge in [-0.3, -0.25) is 9.59 Å². The van der Waals surface area contributed by atoms with Crippen molar-refractivity contribution in [3.8, 4) is 0 Å². The highest BCUT2D eigenvalue weighted by Gasteiger charge is 2.27. The summed E-state index contributed by atoms with van der Waals surface area (Å²) in [6, 6.07) is 7.24. The molecule has 0 unspecified atom stereocenters. The zero-order chi connectivity index (χ0) is 20.2. The molecule has 1 aliphatic carbocycles. The predicted octanol–water partition coefficient (Wildman–Crippen LogP) is 4.37. The van der Waals surface area contributed by atoms with E-state index in [2.05, 4.69) is 10.6 Å². The van der Waals surface area contributed by atoms with Gasteiger partial charge in [0, 0.05) is 23.1 Å². The molecule has 1 aromatic carbocycles. The maximum atomic E-state index is 13.0. The Hall–Kier alpha value is -1.89. The summed E-state index contributed by atoms with van der Waals surface area (Å²) in [7, 11) is 0. The smallest absolute Gasteiger partial charge is 0.254 e. The van der Waals surface area contributed by atoms with Gasteiger partial charge in [-0.05, 0) is 61.8 Å². The molecule has 7 heteroatoms. The zero-order valence-corrected chi connectivity index (χ0v) is 17.8. The summed E-state index contributed by atoms with van der Waals surface area (Å²) < 4.78 is 5.61. The summed E-state index contributed by atoms with van der Waals surface area (Å²) in [5.41, 5.74) is 2.64.